The summed E-state index contributed by atoms with van der Waals surface area (Å²) in [5.74, 6) is -0.774. The number of carbonyl (C=O) groups excluding carboxylic acids is 1. The lowest BCUT2D eigenvalue weighted by molar-refractivity contribution is 0.0954. The number of hydrogen-bond acceptors (Lipinski definition) is 4. The Morgan fingerprint density at radius 3 is 2.43 bits per heavy atom. The summed E-state index contributed by atoms with van der Waals surface area (Å²) in [4.78, 5) is 24.0. The lowest BCUT2D eigenvalue weighted by atomic mass is 10.1. The van der Waals surface area contributed by atoms with E-state index in [4.69, 9.17) is 0 Å². The van der Waals surface area contributed by atoms with Gasteiger partial charge in [-0.15, -0.1) is 0 Å². The quantitative estimate of drug-likeness (QED) is 0.802. The van der Waals surface area contributed by atoms with Crippen molar-refractivity contribution in [3.8, 4) is 0 Å². The summed E-state index contributed by atoms with van der Waals surface area (Å²) in [6.45, 7) is 3.56. The van der Waals surface area contributed by atoms with Gasteiger partial charge < -0.3 is 9.88 Å². The maximum atomic E-state index is 12.0. The molecule has 8 heteroatoms. The van der Waals surface area contributed by atoms with Gasteiger partial charge in [0.15, 0.2) is 0 Å². The molecule has 0 aliphatic heterocycles. The lowest BCUT2D eigenvalue weighted by Crippen LogP contribution is -2.37. The van der Waals surface area contributed by atoms with E-state index in [2.05, 4.69) is 5.32 Å². The summed E-state index contributed by atoms with van der Waals surface area (Å²) < 4.78 is 25.6. The zero-order valence-electron chi connectivity index (χ0n) is 12.9. The molecule has 0 unspecified atom stereocenters. The van der Waals surface area contributed by atoms with Crippen LogP contribution in [0.25, 0.3) is 0 Å². The van der Waals surface area contributed by atoms with Gasteiger partial charge in [0.05, 0.1) is 5.75 Å². The van der Waals surface area contributed by atoms with E-state index in [1.807, 2.05) is 6.92 Å². The number of amides is 1. The molecular formula is C13H21N3O4S. The number of carbonyl (C=O) groups is 1. The number of pyridine rings is 1. The molecule has 0 saturated heterocycles. The highest BCUT2D eigenvalue weighted by atomic mass is 32.2. The van der Waals surface area contributed by atoms with Crippen LogP contribution in [0.4, 0.5) is 0 Å². The molecule has 0 aromatic carbocycles. The molecule has 21 heavy (non-hydrogen) atoms. The average Bonchev–Trinajstić information content (AvgIpc) is 2.39. The zero-order valence-corrected chi connectivity index (χ0v) is 13.7. The first-order valence-electron chi connectivity index (χ1n) is 6.43. The van der Waals surface area contributed by atoms with Crippen molar-refractivity contribution in [2.24, 2.45) is 7.05 Å². The number of aromatic nitrogens is 1. The lowest BCUT2D eigenvalue weighted by Gasteiger charge is -2.13. The highest BCUT2D eigenvalue weighted by molar-refractivity contribution is 7.89. The van der Waals surface area contributed by atoms with Crippen molar-refractivity contribution in [2.45, 2.75) is 13.8 Å². The predicted octanol–water partition coefficient (Wildman–Crippen LogP) is -0.377. The van der Waals surface area contributed by atoms with E-state index in [0.717, 1.165) is 15.6 Å². The van der Waals surface area contributed by atoms with Crippen molar-refractivity contribution >= 4 is 15.9 Å². The van der Waals surface area contributed by atoms with Crippen LogP contribution >= 0.6 is 0 Å². The van der Waals surface area contributed by atoms with Gasteiger partial charge in [-0.1, -0.05) is 0 Å². The van der Waals surface area contributed by atoms with E-state index in [1.165, 1.54) is 24.7 Å². The average molecular weight is 315 g/mol. The Morgan fingerprint density at radius 1 is 1.33 bits per heavy atom. The Bertz CT molecular complexity index is 705. The summed E-state index contributed by atoms with van der Waals surface area (Å²) >= 11 is 0. The van der Waals surface area contributed by atoms with Crippen LogP contribution in [0, 0.1) is 13.8 Å². The summed E-state index contributed by atoms with van der Waals surface area (Å²) in [7, 11) is 1.07. The van der Waals surface area contributed by atoms with E-state index < -0.39 is 21.5 Å². The summed E-state index contributed by atoms with van der Waals surface area (Å²) in [5.41, 5.74) is 1.23. The molecular weight excluding hydrogens is 294 g/mol. The van der Waals surface area contributed by atoms with Crippen LogP contribution in [0.3, 0.4) is 0 Å². The second-order valence-electron chi connectivity index (χ2n) is 5.04. The van der Waals surface area contributed by atoms with Crippen LogP contribution in [-0.4, -0.2) is 49.6 Å². The van der Waals surface area contributed by atoms with Gasteiger partial charge in [-0.05, 0) is 25.5 Å². The minimum absolute atomic E-state index is 0.0165. The molecule has 0 radical (unpaired) electrons. The molecule has 1 aromatic rings. The van der Waals surface area contributed by atoms with Gasteiger partial charge in [-0.25, -0.2) is 12.7 Å². The van der Waals surface area contributed by atoms with E-state index in [-0.39, 0.29) is 17.9 Å². The molecule has 0 aliphatic carbocycles. The summed E-state index contributed by atoms with van der Waals surface area (Å²) in [6, 6.07) is 1.52. The van der Waals surface area contributed by atoms with Gasteiger partial charge in [0.1, 0.15) is 5.56 Å². The number of hydrogen-bond donors (Lipinski definition) is 1. The van der Waals surface area contributed by atoms with Crippen LogP contribution in [-0.2, 0) is 17.1 Å². The maximum absolute atomic E-state index is 12.0. The molecule has 0 atom stereocenters. The third kappa shape index (κ3) is 3.92. The second-order valence-corrected chi connectivity index (χ2v) is 7.35. The van der Waals surface area contributed by atoms with Crippen molar-refractivity contribution in [3.05, 3.63) is 33.2 Å². The fourth-order valence-corrected chi connectivity index (χ4v) is 2.44. The first-order valence-corrected chi connectivity index (χ1v) is 8.04. The molecule has 1 heterocycles. The van der Waals surface area contributed by atoms with E-state index in [0.29, 0.717) is 0 Å². The third-order valence-electron chi connectivity index (χ3n) is 3.42. The zero-order chi connectivity index (χ0) is 16.4. The van der Waals surface area contributed by atoms with Crippen LogP contribution in [0.5, 0.6) is 0 Å². The molecule has 118 valence electrons. The molecule has 1 rings (SSSR count). The molecule has 1 N–H and O–H groups in total. The molecule has 0 bridgehead atoms. The molecule has 0 fully saturated rings. The molecule has 1 aromatic heterocycles. The Balaban J connectivity index is 2.86. The smallest absolute Gasteiger partial charge is 0.263 e. The van der Waals surface area contributed by atoms with Crippen molar-refractivity contribution in [1.29, 1.82) is 0 Å². The Morgan fingerprint density at radius 2 is 1.90 bits per heavy atom. The van der Waals surface area contributed by atoms with Crippen molar-refractivity contribution < 1.29 is 13.2 Å². The Labute approximate surface area is 124 Å². The maximum Gasteiger partial charge on any atom is 0.263 e. The minimum Gasteiger partial charge on any atom is -0.351 e. The number of aryl methyl sites for hydroxylation is 1. The van der Waals surface area contributed by atoms with Crippen molar-refractivity contribution in [1.82, 2.24) is 14.2 Å². The monoisotopic (exact) mass is 315 g/mol. The Kier molecular flexibility index (Phi) is 5.30. The molecule has 0 spiro atoms. The number of sulfonamides is 1. The summed E-state index contributed by atoms with van der Waals surface area (Å²) in [5, 5.41) is 2.47. The van der Waals surface area contributed by atoms with Gasteiger partial charge in [0.25, 0.3) is 11.5 Å². The standard InChI is InChI=1S/C13H21N3O4S/c1-9-8-11(13(18)16(5)10(9)2)12(17)14-6-7-21(19,20)15(3)4/h8H,6-7H2,1-5H3,(H,14,17). The van der Waals surface area contributed by atoms with Gasteiger partial charge in [-0.2, -0.15) is 0 Å². The first-order chi connectivity index (χ1) is 9.58. The van der Waals surface area contributed by atoms with Crippen molar-refractivity contribution in [2.75, 3.05) is 26.4 Å². The van der Waals surface area contributed by atoms with E-state index in [9.17, 15) is 18.0 Å². The van der Waals surface area contributed by atoms with Gasteiger partial charge in [0.2, 0.25) is 10.0 Å². The van der Waals surface area contributed by atoms with Gasteiger partial charge >= 0.3 is 0 Å². The number of nitrogens with zero attached hydrogens (tertiary/aromatic N) is 2. The van der Waals surface area contributed by atoms with Crippen LogP contribution in [0.1, 0.15) is 21.6 Å². The third-order valence-corrected chi connectivity index (χ3v) is 5.25. The van der Waals surface area contributed by atoms with E-state index in [1.54, 1.807) is 14.0 Å². The minimum atomic E-state index is -3.37. The fourth-order valence-electron chi connectivity index (χ4n) is 1.71. The van der Waals surface area contributed by atoms with Crippen LogP contribution in [0.15, 0.2) is 10.9 Å². The predicted molar refractivity (Wildman–Crippen MR) is 81.0 cm³/mol. The summed E-state index contributed by atoms with van der Waals surface area (Å²) in [6.07, 6.45) is 0. The fraction of sp³-hybridized carbons (Fsp3) is 0.538. The number of rotatable bonds is 5. The van der Waals surface area contributed by atoms with Gasteiger partial charge in [-0.3, -0.25) is 9.59 Å². The van der Waals surface area contributed by atoms with Gasteiger partial charge in [0, 0.05) is 33.4 Å². The molecule has 0 saturated carbocycles. The van der Waals surface area contributed by atoms with Crippen LogP contribution < -0.4 is 10.9 Å². The van der Waals surface area contributed by atoms with Crippen molar-refractivity contribution in [3.63, 3.8) is 0 Å². The van der Waals surface area contributed by atoms with E-state index >= 15 is 0 Å². The molecule has 1 amide bonds. The Hall–Kier alpha value is -1.67. The molecule has 7 nitrogen and oxygen atoms in total. The SMILES string of the molecule is Cc1cc(C(=O)NCCS(=O)(=O)N(C)C)c(=O)n(C)c1C. The normalized spacial score (nSPS) is 11.7. The first kappa shape index (κ1) is 17.4. The second kappa shape index (κ2) is 6.40. The largest absolute Gasteiger partial charge is 0.351 e. The highest BCUT2D eigenvalue weighted by Gasteiger charge is 2.17. The number of nitrogens with one attached hydrogen (secondary N) is 1. The molecule has 0 aliphatic rings. The van der Waals surface area contributed by atoms with Crippen LogP contribution in [0.2, 0.25) is 0 Å². The highest BCUT2D eigenvalue weighted by Crippen LogP contribution is 2.05. The topological polar surface area (TPSA) is 88.5 Å².